The SMILES string of the molecule is Cc1ccc2c(c1)OC(C)CN2.Cl. The van der Waals surface area contributed by atoms with E-state index in [2.05, 4.69) is 37.4 Å². The summed E-state index contributed by atoms with van der Waals surface area (Å²) in [5.41, 5.74) is 2.35. The van der Waals surface area contributed by atoms with Crippen molar-refractivity contribution >= 4 is 18.1 Å². The first-order valence-electron chi connectivity index (χ1n) is 4.27. The van der Waals surface area contributed by atoms with E-state index < -0.39 is 0 Å². The van der Waals surface area contributed by atoms with Gasteiger partial charge in [-0.1, -0.05) is 6.07 Å². The lowest BCUT2D eigenvalue weighted by molar-refractivity contribution is 0.226. The highest BCUT2D eigenvalue weighted by molar-refractivity contribution is 5.85. The molecule has 1 unspecified atom stereocenters. The number of anilines is 1. The number of hydrogen-bond donors (Lipinski definition) is 1. The van der Waals surface area contributed by atoms with Crippen LogP contribution in [0.25, 0.3) is 0 Å². The third-order valence-electron chi connectivity index (χ3n) is 2.05. The zero-order valence-corrected chi connectivity index (χ0v) is 8.65. The van der Waals surface area contributed by atoms with Crippen LogP contribution in [0.5, 0.6) is 5.75 Å². The van der Waals surface area contributed by atoms with Crippen LogP contribution in [0.4, 0.5) is 5.69 Å². The number of fused-ring (bicyclic) bond motifs is 1. The van der Waals surface area contributed by atoms with Crippen LogP contribution in [0, 0.1) is 6.92 Å². The standard InChI is InChI=1S/C10H13NO.ClH/c1-7-3-4-9-10(5-7)12-8(2)6-11-9;/h3-5,8,11H,6H2,1-2H3;1H. The van der Waals surface area contributed by atoms with Gasteiger partial charge in [0.25, 0.3) is 0 Å². The molecule has 1 atom stereocenters. The molecule has 0 spiro atoms. The number of benzene rings is 1. The summed E-state index contributed by atoms with van der Waals surface area (Å²) in [7, 11) is 0. The molecular formula is C10H14ClNO. The van der Waals surface area contributed by atoms with E-state index in [0.717, 1.165) is 18.0 Å². The molecule has 1 heterocycles. The Hall–Kier alpha value is -0.890. The van der Waals surface area contributed by atoms with Gasteiger partial charge in [0.1, 0.15) is 11.9 Å². The predicted octanol–water partition coefficient (Wildman–Crippen LogP) is 2.61. The number of nitrogens with one attached hydrogen (secondary N) is 1. The van der Waals surface area contributed by atoms with Crippen molar-refractivity contribution < 1.29 is 4.74 Å². The van der Waals surface area contributed by atoms with Crippen molar-refractivity contribution in [2.45, 2.75) is 20.0 Å². The molecule has 2 rings (SSSR count). The first kappa shape index (κ1) is 10.2. The van der Waals surface area contributed by atoms with Gasteiger partial charge in [0.15, 0.2) is 0 Å². The zero-order chi connectivity index (χ0) is 8.55. The summed E-state index contributed by atoms with van der Waals surface area (Å²) in [6.07, 6.45) is 0.277. The second kappa shape index (κ2) is 3.88. The topological polar surface area (TPSA) is 21.3 Å². The van der Waals surface area contributed by atoms with E-state index >= 15 is 0 Å². The summed E-state index contributed by atoms with van der Waals surface area (Å²) in [6, 6.07) is 6.22. The quantitative estimate of drug-likeness (QED) is 0.694. The van der Waals surface area contributed by atoms with Crippen molar-refractivity contribution in [1.29, 1.82) is 0 Å². The van der Waals surface area contributed by atoms with Crippen LogP contribution in [-0.2, 0) is 0 Å². The fraction of sp³-hybridized carbons (Fsp3) is 0.400. The zero-order valence-electron chi connectivity index (χ0n) is 7.83. The Bertz CT molecular complexity index is 301. The second-order valence-electron chi connectivity index (χ2n) is 3.31. The molecular weight excluding hydrogens is 186 g/mol. The molecule has 0 aromatic heterocycles. The number of rotatable bonds is 0. The fourth-order valence-electron chi connectivity index (χ4n) is 1.39. The molecule has 0 saturated carbocycles. The minimum atomic E-state index is 0. The van der Waals surface area contributed by atoms with Gasteiger partial charge >= 0.3 is 0 Å². The van der Waals surface area contributed by atoms with Gasteiger partial charge in [-0.2, -0.15) is 0 Å². The Morgan fingerprint density at radius 1 is 1.46 bits per heavy atom. The molecule has 0 bridgehead atoms. The number of halogens is 1. The highest BCUT2D eigenvalue weighted by atomic mass is 35.5. The summed E-state index contributed by atoms with van der Waals surface area (Å²) in [5, 5.41) is 3.31. The molecule has 3 heteroatoms. The molecule has 1 aromatic rings. The highest BCUT2D eigenvalue weighted by Crippen LogP contribution is 2.29. The average molecular weight is 200 g/mol. The Morgan fingerprint density at radius 2 is 2.23 bits per heavy atom. The monoisotopic (exact) mass is 199 g/mol. The van der Waals surface area contributed by atoms with E-state index in [0.29, 0.717) is 0 Å². The van der Waals surface area contributed by atoms with Gasteiger partial charge in [-0.05, 0) is 31.5 Å². The third kappa shape index (κ3) is 2.07. The van der Waals surface area contributed by atoms with Gasteiger partial charge in [-0.3, -0.25) is 0 Å². The molecule has 1 aliphatic heterocycles. The highest BCUT2D eigenvalue weighted by Gasteiger charge is 2.14. The van der Waals surface area contributed by atoms with Crippen molar-refractivity contribution in [1.82, 2.24) is 0 Å². The molecule has 1 aromatic carbocycles. The molecule has 1 N–H and O–H groups in total. The first-order valence-corrected chi connectivity index (χ1v) is 4.27. The minimum absolute atomic E-state index is 0. The molecule has 0 radical (unpaired) electrons. The Morgan fingerprint density at radius 3 is 3.00 bits per heavy atom. The predicted molar refractivity (Wildman–Crippen MR) is 57.0 cm³/mol. The van der Waals surface area contributed by atoms with E-state index in [-0.39, 0.29) is 18.5 Å². The molecule has 72 valence electrons. The van der Waals surface area contributed by atoms with Crippen LogP contribution in [0.15, 0.2) is 18.2 Å². The maximum atomic E-state index is 5.65. The Labute approximate surface area is 84.7 Å². The van der Waals surface area contributed by atoms with E-state index in [1.807, 2.05) is 0 Å². The average Bonchev–Trinajstić information content (AvgIpc) is 2.03. The third-order valence-corrected chi connectivity index (χ3v) is 2.05. The number of hydrogen-bond acceptors (Lipinski definition) is 2. The number of ether oxygens (including phenoxy) is 1. The van der Waals surface area contributed by atoms with Crippen LogP contribution in [-0.4, -0.2) is 12.6 Å². The maximum Gasteiger partial charge on any atom is 0.143 e. The van der Waals surface area contributed by atoms with Crippen LogP contribution in [0.3, 0.4) is 0 Å². The van der Waals surface area contributed by atoms with Crippen molar-refractivity contribution in [2.75, 3.05) is 11.9 Å². The summed E-state index contributed by atoms with van der Waals surface area (Å²) in [6.45, 7) is 5.04. The van der Waals surface area contributed by atoms with Crippen LogP contribution in [0.2, 0.25) is 0 Å². The van der Waals surface area contributed by atoms with Gasteiger partial charge in [0.05, 0.1) is 12.2 Å². The van der Waals surface area contributed by atoms with Crippen LogP contribution < -0.4 is 10.1 Å². The summed E-state index contributed by atoms with van der Waals surface area (Å²) in [5.74, 6) is 0.980. The van der Waals surface area contributed by atoms with Gasteiger partial charge in [0.2, 0.25) is 0 Å². The van der Waals surface area contributed by atoms with E-state index in [4.69, 9.17) is 4.74 Å². The van der Waals surface area contributed by atoms with Crippen molar-refractivity contribution in [3.8, 4) is 5.75 Å². The van der Waals surface area contributed by atoms with Crippen molar-refractivity contribution in [2.24, 2.45) is 0 Å². The molecule has 0 amide bonds. The normalized spacial score (nSPS) is 19.1. The van der Waals surface area contributed by atoms with Crippen LogP contribution in [0.1, 0.15) is 12.5 Å². The van der Waals surface area contributed by atoms with Gasteiger partial charge < -0.3 is 10.1 Å². The first-order chi connectivity index (χ1) is 5.75. The van der Waals surface area contributed by atoms with Crippen LogP contribution >= 0.6 is 12.4 Å². The summed E-state index contributed by atoms with van der Waals surface area (Å²) in [4.78, 5) is 0. The van der Waals surface area contributed by atoms with E-state index in [9.17, 15) is 0 Å². The lowest BCUT2D eigenvalue weighted by Gasteiger charge is -2.24. The smallest absolute Gasteiger partial charge is 0.143 e. The molecule has 13 heavy (non-hydrogen) atoms. The largest absolute Gasteiger partial charge is 0.487 e. The van der Waals surface area contributed by atoms with E-state index in [1.165, 1.54) is 5.56 Å². The fourth-order valence-corrected chi connectivity index (χ4v) is 1.39. The van der Waals surface area contributed by atoms with Gasteiger partial charge in [0, 0.05) is 0 Å². The van der Waals surface area contributed by atoms with Crippen molar-refractivity contribution in [3.05, 3.63) is 23.8 Å². The molecule has 2 nitrogen and oxygen atoms in total. The summed E-state index contributed by atoms with van der Waals surface area (Å²) < 4.78 is 5.65. The summed E-state index contributed by atoms with van der Waals surface area (Å²) >= 11 is 0. The number of aryl methyl sites for hydroxylation is 1. The Kier molecular flexibility index (Phi) is 3.04. The minimum Gasteiger partial charge on any atom is -0.487 e. The lowest BCUT2D eigenvalue weighted by Crippen LogP contribution is -2.27. The lowest BCUT2D eigenvalue weighted by atomic mass is 10.2. The van der Waals surface area contributed by atoms with E-state index in [1.54, 1.807) is 0 Å². The molecule has 0 saturated heterocycles. The molecule has 0 fully saturated rings. The van der Waals surface area contributed by atoms with Crippen molar-refractivity contribution in [3.63, 3.8) is 0 Å². The van der Waals surface area contributed by atoms with Gasteiger partial charge in [-0.15, -0.1) is 12.4 Å². The second-order valence-corrected chi connectivity index (χ2v) is 3.31. The molecule has 0 aliphatic carbocycles. The van der Waals surface area contributed by atoms with Gasteiger partial charge in [-0.25, -0.2) is 0 Å². The maximum absolute atomic E-state index is 5.65. The Balaban J connectivity index is 0.000000845. The molecule has 1 aliphatic rings.